The summed E-state index contributed by atoms with van der Waals surface area (Å²) >= 11 is 6.26. The lowest BCUT2D eigenvalue weighted by molar-refractivity contribution is 0.0304. The zero-order valence-electron chi connectivity index (χ0n) is 9.60. The van der Waals surface area contributed by atoms with Gasteiger partial charge in [0.05, 0.1) is 29.5 Å². The average Bonchev–Trinajstić information content (AvgIpc) is 2.68. The van der Waals surface area contributed by atoms with Crippen LogP contribution in [0.1, 0.15) is 18.4 Å². The molecule has 1 N–H and O–H groups in total. The number of ether oxygens (including phenoxy) is 1. The summed E-state index contributed by atoms with van der Waals surface area (Å²) < 4.78 is 5.82. The van der Waals surface area contributed by atoms with Gasteiger partial charge >= 0.3 is 0 Å². The van der Waals surface area contributed by atoms with Crippen LogP contribution in [0.5, 0.6) is 0 Å². The molecule has 3 nitrogen and oxygen atoms in total. The van der Waals surface area contributed by atoms with Crippen LogP contribution in [0, 0.1) is 0 Å². The highest BCUT2D eigenvalue weighted by molar-refractivity contribution is 6.33. The molecular formula is C13H16ClNO2. The van der Waals surface area contributed by atoms with Gasteiger partial charge in [-0.05, 0) is 18.9 Å². The Kier molecular flexibility index (Phi) is 2.99. The summed E-state index contributed by atoms with van der Waals surface area (Å²) in [5, 5.41) is 10.1. The normalized spacial score (nSPS) is 27.5. The van der Waals surface area contributed by atoms with Gasteiger partial charge in [-0.1, -0.05) is 23.7 Å². The van der Waals surface area contributed by atoms with E-state index in [-0.39, 0.29) is 6.61 Å². The maximum Gasteiger partial charge on any atom is 0.0755 e. The fourth-order valence-corrected chi connectivity index (χ4v) is 3.15. The lowest BCUT2D eigenvalue weighted by Crippen LogP contribution is -2.43. The zero-order valence-corrected chi connectivity index (χ0v) is 10.4. The fraction of sp³-hybridized carbons (Fsp3) is 0.538. The third-order valence-electron chi connectivity index (χ3n) is 3.60. The predicted octanol–water partition coefficient (Wildman–Crippen LogP) is 2.20. The Labute approximate surface area is 106 Å². The molecule has 2 aliphatic rings. The molecule has 2 atom stereocenters. The van der Waals surface area contributed by atoms with Gasteiger partial charge in [-0.2, -0.15) is 0 Å². The van der Waals surface area contributed by atoms with E-state index in [1.54, 1.807) is 0 Å². The molecule has 2 bridgehead atoms. The largest absolute Gasteiger partial charge is 0.392 e. The minimum absolute atomic E-state index is 0.0303. The van der Waals surface area contributed by atoms with Gasteiger partial charge in [-0.25, -0.2) is 0 Å². The van der Waals surface area contributed by atoms with E-state index < -0.39 is 0 Å². The molecule has 0 amide bonds. The Hall–Kier alpha value is -0.770. The minimum atomic E-state index is 0.0303. The molecule has 92 valence electrons. The van der Waals surface area contributed by atoms with Crippen molar-refractivity contribution in [2.24, 2.45) is 0 Å². The summed E-state index contributed by atoms with van der Waals surface area (Å²) in [4.78, 5) is 2.26. The molecule has 0 saturated carbocycles. The van der Waals surface area contributed by atoms with Gasteiger partial charge in [0.2, 0.25) is 0 Å². The highest BCUT2D eigenvalue weighted by Crippen LogP contribution is 2.35. The second kappa shape index (κ2) is 4.48. The summed E-state index contributed by atoms with van der Waals surface area (Å²) in [5.41, 5.74) is 1.88. The van der Waals surface area contributed by atoms with Crippen LogP contribution in [-0.4, -0.2) is 30.4 Å². The second-order valence-electron chi connectivity index (χ2n) is 4.77. The zero-order chi connectivity index (χ0) is 11.8. The summed E-state index contributed by atoms with van der Waals surface area (Å²) in [5.74, 6) is 0. The molecule has 2 unspecified atom stereocenters. The van der Waals surface area contributed by atoms with E-state index in [0.29, 0.717) is 12.2 Å². The first-order valence-electron chi connectivity index (χ1n) is 6.06. The predicted molar refractivity (Wildman–Crippen MR) is 67.5 cm³/mol. The van der Waals surface area contributed by atoms with Crippen LogP contribution < -0.4 is 4.90 Å². The van der Waals surface area contributed by atoms with E-state index in [2.05, 4.69) is 4.90 Å². The van der Waals surface area contributed by atoms with Crippen molar-refractivity contribution in [3.8, 4) is 0 Å². The van der Waals surface area contributed by atoms with Gasteiger partial charge in [0.25, 0.3) is 0 Å². The van der Waals surface area contributed by atoms with Crippen molar-refractivity contribution >= 4 is 17.3 Å². The highest BCUT2D eigenvalue weighted by atomic mass is 35.5. The monoisotopic (exact) mass is 253 g/mol. The molecule has 2 aliphatic heterocycles. The van der Waals surface area contributed by atoms with E-state index in [1.165, 1.54) is 0 Å². The van der Waals surface area contributed by atoms with Crippen molar-refractivity contribution in [2.45, 2.75) is 31.7 Å². The number of morpholine rings is 1. The molecule has 2 heterocycles. The maximum atomic E-state index is 9.40. The highest BCUT2D eigenvalue weighted by Gasteiger charge is 2.34. The second-order valence-corrected chi connectivity index (χ2v) is 5.18. The molecule has 1 aromatic carbocycles. The number of nitrogens with zero attached hydrogens (tertiary/aromatic N) is 1. The number of fused-ring (bicyclic) bond motifs is 2. The number of halogens is 1. The summed E-state index contributed by atoms with van der Waals surface area (Å²) in [7, 11) is 0. The maximum absolute atomic E-state index is 9.40. The number of hydrogen-bond acceptors (Lipinski definition) is 3. The van der Waals surface area contributed by atoms with Crippen LogP contribution in [0.3, 0.4) is 0 Å². The van der Waals surface area contributed by atoms with Crippen molar-refractivity contribution in [1.82, 2.24) is 0 Å². The smallest absolute Gasteiger partial charge is 0.0755 e. The Morgan fingerprint density at radius 1 is 1.29 bits per heavy atom. The number of para-hydroxylation sites is 1. The fourth-order valence-electron chi connectivity index (χ4n) is 2.84. The van der Waals surface area contributed by atoms with E-state index in [0.717, 1.165) is 42.2 Å². The van der Waals surface area contributed by atoms with Gasteiger partial charge < -0.3 is 14.7 Å². The molecule has 2 saturated heterocycles. The molecule has 0 aliphatic carbocycles. The molecule has 1 aromatic rings. The van der Waals surface area contributed by atoms with Gasteiger partial charge in [-0.15, -0.1) is 0 Å². The molecule has 2 fully saturated rings. The number of anilines is 1. The number of rotatable bonds is 2. The lowest BCUT2D eigenvalue weighted by Gasteiger charge is -2.35. The number of aliphatic hydroxyl groups is 1. The third kappa shape index (κ3) is 2.03. The first-order chi connectivity index (χ1) is 8.28. The minimum Gasteiger partial charge on any atom is -0.392 e. The van der Waals surface area contributed by atoms with Gasteiger partial charge in [0, 0.05) is 18.7 Å². The van der Waals surface area contributed by atoms with Gasteiger partial charge in [0.1, 0.15) is 0 Å². The molecular weight excluding hydrogens is 238 g/mol. The molecule has 17 heavy (non-hydrogen) atoms. The molecule has 4 heteroatoms. The number of benzene rings is 1. The molecule has 0 aromatic heterocycles. The topological polar surface area (TPSA) is 32.7 Å². The molecule has 0 spiro atoms. The van der Waals surface area contributed by atoms with Crippen LogP contribution in [0.2, 0.25) is 5.02 Å². The number of aliphatic hydroxyl groups excluding tert-OH is 1. The van der Waals surface area contributed by atoms with Crippen LogP contribution in [-0.2, 0) is 11.3 Å². The summed E-state index contributed by atoms with van der Waals surface area (Å²) in [6.07, 6.45) is 2.94. The van der Waals surface area contributed by atoms with Crippen molar-refractivity contribution in [3.63, 3.8) is 0 Å². The van der Waals surface area contributed by atoms with E-state index in [9.17, 15) is 5.11 Å². The van der Waals surface area contributed by atoms with E-state index >= 15 is 0 Å². The quantitative estimate of drug-likeness (QED) is 0.877. The van der Waals surface area contributed by atoms with Crippen LogP contribution in [0.15, 0.2) is 18.2 Å². The molecule has 0 radical (unpaired) electrons. The Morgan fingerprint density at radius 2 is 2.00 bits per heavy atom. The third-order valence-corrected chi connectivity index (χ3v) is 3.91. The van der Waals surface area contributed by atoms with Crippen LogP contribution >= 0.6 is 11.6 Å². The van der Waals surface area contributed by atoms with Crippen LogP contribution in [0.4, 0.5) is 5.69 Å². The Bertz CT molecular complexity index is 412. The first-order valence-corrected chi connectivity index (χ1v) is 6.44. The standard InChI is InChI=1S/C13H16ClNO2/c14-12-3-1-2-9(8-16)13(12)15-6-10-4-5-11(7-15)17-10/h1-3,10-11,16H,4-8H2. The Morgan fingerprint density at radius 3 is 2.65 bits per heavy atom. The van der Waals surface area contributed by atoms with Crippen LogP contribution in [0.25, 0.3) is 0 Å². The summed E-state index contributed by atoms with van der Waals surface area (Å²) in [6.45, 7) is 1.79. The Balaban J connectivity index is 1.93. The van der Waals surface area contributed by atoms with Crippen molar-refractivity contribution in [2.75, 3.05) is 18.0 Å². The van der Waals surface area contributed by atoms with E-state index in [1.807, 2.05) is 18.2 Å². The van der Waals surface area contributed by atoms with Crippen molar-refractivity contribution in [3.05, 3.63) is 28.8 Å². The summed E-state index contributed by atoms with van der Waals surface area (Å²) in [6, 6.07) is 5.69. The van der Waals surface area contributed by atoms with Crippen molar-refractivity contribution < 1.29 is 9.84 Å². The first kappa shape index (κ1) is 11.3. The van der Waals surface area contributed by atoms with Crippen molar-refractivity contribution in [1.29, 1.82) is 0 Å². The van der Waals surface area contributed by atoms with Gasteiger partial charge in [-0.3, -0.25) is 0 Å². The lowest BCUT2D eigenvalue weighted by atomic mass is 10.1. The molecule has 3 rings (SSSR count). The van der Waals surface area contributed by atoms with Gasteiger partial charge in [0.15, 0.2) is 0 Å². The average molecular weight is 254 g/mol. The van der Waals surface area contributed by atoms with E-state index in [4.69, 9.17) is 16.3 Å². The number of hydrogen-bond donors (Lipinski definition) is 1. The SMILES string of the molecule is OCc1cccc(Cl)c1N1CC2CCC(C1)O2.